The highest BCUT2D eigenvalue weighted by Crippen LogP contribution is 2.56. The summed E-state index contributed by atoms with van der Waals surface area (Å²) in [5.41, 5.74) is 1.60. The predicted molar refractivity (Wildman–Crippen MR) is 112 cm³/mol. The van der Waals surface area contributed by atoms with Crippen LogP contribution in [0.5, 0.6) is 0 Å². The molecule has 1 aromatic carbocycles. The number of rotatable bonds is 5. The number of Topliss-reactive ketones (excluding diaryl/α,β-unsaturated/α-hetero) is 1. The second-order valence-corrected chi connectivity index (χ2v) is 9.83. The van der Waals surface area contributed by atoms with Crippen LogP contribution in [-0.4, -0.2) is 41.1 Å². The Labute approximate surface area is 182 Å². The molecule has 1 aromatic rings. The lowest BCUT2D eigenvalue weighted by Crippen LogP contribution is -2.44. The SMILES string of the molecule is Cc1ccc(C(=O)COC(=O)C2CCC(N3C(=O)C4C5CCC(C5)C4C3=O)CC2)cc1. The van der Waals surface area contributed by atoms with E-state index >= 15 is 0 Å². The summed E-state index contributed by atoms with van der Waals surface area (Å²) in [4.78, 5) is 52.3. The molecular weight excluding hydrogens is 394 g/mol. The quantitative estimate of drug-likeness (QED) is 0.412. The molecule has 1 saturated heterocycles. The van der Waals surface area contributed by atoms with Crippen LogP contribution in [0.2, 0.25) is 0 Å². The van der Waals surface area contributed by atoms with Gasteiger partial charge in [0.05, 0.1) is 17.8 Å². The van der Waals surface area contributed by atoms with Crippen molar-refractivity contribution in [2.45, 2.75) is 57.9 Å². The molecule has 0 N–H and O–H groups in total. The molecule has 4 unspecified atom stereocenters. The molecule has 0 spiro atoms. The summed E-state index contributed by atoms with van der Waals surface area (Å²) in [6.07, 6.45) is 5.65. The zero-order valence-corrected chi connectivity index (χ0v) is 17.9. The first kappa shape index (κ1) is 20.4. The maximum Gasteiger partial charge on any atom is 0.309 e. The van der Waals surface area contributed by atoms with Crippen LogP contribution in [0.3, 0.4) is 0 Å². The maximum absolute atomic E-state index is 13.0. The van der Waals surface area contributed by atoms with E-state index in [0.29, 0.717) is 43.1 Å². The molecule has 4 fully saturated rings. The molecule has 4 atom stereocenters. The summed E-state index contributed by atoms with van der Waals surface area (Å²) in [7, 11) is 0. The van der Waals surface area contributed by atoms with Crippen molar-refractivity contribution in [1.82, 2.24) is 4.90 Å². The van der Waals surface area contributed by atoms with E-state index in [9.17, 15) is 19.2 Å². The van der Waals surface area contributed by atoms with Gasteiger partial charge in [-0.1, -0.05) is 29.8 Å². The van der Waals surface area contributed by atoms with Crippen molar-refractivity contribution in [3.63, 3.8) is 0 Å². The lowest BCUT2D eigenvalue weighted by atomic mass is 9.81. The molecule has 0 aromatic heterocycles. The molecule has 3 aliphatic carbocycles. The van der Waals surface area contributed by atoms with E-state index in [1.165, 1.54) is 0 Å². The number of carbonyl (C=O) groups excluding carboxylic acids is 4. The average Bonchev–Trinajstić information content (AvgIpc) is 3.46. The summed E-state index contributed by atoms with van der Waals surface area (Å²) >= 11 is 0. The number of ether oxygens (including phenoxy) is 1. The zero-order chi connectivity index (χ0) is 21.7. The van der Waals surface area contributed by atoms with Gasteiger partial charge in [-0.2, -0.15) is 0 Å². The fourth-order valence-corrected chi connectivity index (χ4v) is 6.44. The average molecular weight is 424 g/mol. The molecule has 0 radical (unpaired) electrons. The Morgan fingerprint density at radius 1 is 0.903 bits per heavy atom. The van der Waals surface area contributed by atoms with Crippen LogP contribution in [0.25, 0.3) is 0 Å². The van der Waals surface area contributed by atoms with E-state index in [0.717, 1.165) is 24.8 Å². The number of nitrogens with zero attached hydrogens (tertiary/aromatic N) is 1. The number of fused-ring (bicyclic) bond motifs is 5. The van der Waals surface area contributed by atoms with Crippen LogP contribution in [-0.2, 0) is 19.1 Å². The van der Waals surface area contributed by atoms with Gasteiger partial charge >= 0.3 is 5.97 Å². The molecule has 3 saturated carbocycles. The first-order chi connectivity index (χ1) is 14.9. The monoisotopic (exact) mass is 423 g/mol. The number of hydrogen-bond acceptors (Lipinski definition) is 5. The summed E-state index contributed by atoms with van der Waals surface area (Å²) in [5.74, 6) is -0.130. The molecule has 2 bridgehead atoms. The number of ketones is 1. The second-order valence-electron chi connectivity index (χ2n) is 9.83. The van der Waals surface area contributed by atoms with E-state index in [-0.39, 0.29) is 54.0 Å². The van der Waals surface area contributed by atoms with Gasteiger partial charge in [0.1, 0.15) is 0 Å². The predicted octanol–water partition coefficient (Wildman–Crippen LogP) is 3.31. The number of carbonyl (C=O) groups is 4. The largest absolute Gasteiger partial charge is 0.457 e. The molecule has 1 aliphatic heterocycles. The first-order valence-corrected chi connectivity index (χ1v) is 11.6. The fraction of sp³-hybridized carbons (Fsp3) is 0.600. The Morgan fingerprint density at radius 3 is 2.06 bits per heavy atom. The van der Waals surface area contributed by atoms with Crippen LogP contribution >= 0.6 is 0 Å². The minimum absolute atomic E-state index is 0.0388. The summed E-state index contributed by atoms with van der Waals surface area (Å²) in [6.45, 7) is 1.70. The molecule has 5 rings (SSSR count). The number of aryl methyl sites for hydroxylation is 1. The fourth-order valence-electron chi connectivity index (χ4n) is 6.44. The van der Waals surface area contributed by atoms with Crippen molar-refractivity contribution in [2.75, 3.05) is 6.61 Å². The Balaban J connectivity index is 1.13. The van der Waals surface area contributed by atoms with E-state index in [1.807, 2.05) is 19.1 Å². The van der Waals surface area contributed by atoms with Crippen molar-refractivity contribution < 1.29 is 23.9 Å². The van der Waals surface area contributed by atoms with Gasteiger partial charge in [0.2, 0.25) is 11.8 Å². The van der Waals surface area contributed by atoms with Gasteiger partial charge in [0, 0.05) is 11.6 Å². The highest BCUT2D eigenvalue weighted by molar-refractivity contribution is 6.06. The highest BCUT2D eigenvalue weighted by atomic mass is 16.5. The van der Waals surface area contributed by atoms with Crippen LogP contribution < -0.4 is 0 Å². The zero-order valence-electron chi connectivity index (χ0n) is 17.9. The van der Waals surface area contributed by atoms with Crippen molar-refractivity contribution in [3.05, 3.63) is 35.4 Å². The molecule has 164 valence electrons. The molecule has 31 heavy (non-hydrogen) atoms. The van der Waals surface area contributed by atoms with Crippen molar-refractivity contribution >= 4 is 23.6 Å². The summed E-state index contributed by atoms with van der Waals surface area (Å²) in [5, 5.41) is 0. The van der Waals surface area contributed by atoms with Crippen molar-refractivity contribution in [1.29, 1.82) is 0 Å². The second kappa shape index (κ2) is 7.88. The molecule has 1 heterocycles. The van der Waals surface area contributed by atoms with Gasteiger partial charge in [-0.05, 0) is 63.7 Å². The maximum atomic E-state index is 13.0. The Kier molecular flexibility index (Phi) is 5.19. The third kappa shape index (κ3) is 3.50. The van der Waals surface area contributed by atoms with Crippen molar-refractivity contribution in [3.8, 4) is 0 Å². The number of benzene rings is 1. The number of amides is 2. The van der Waals surface area contributed by atoms with E-state index < -0.39 is 0 Å². The molecular formula is C25H29NO5. The van der Waals surface area contributed by atoms with Crippen LogP contribution in [0.15, 0.2) is 24.3 Å². The molecule has 4 aliphatic rings. The summed E-state index contributed by atoms with van der Waals surface area (Å²) in [6, 6.07) is 7.10. The van der Waals surface area contributed by atoms with Gasteiger partial charge in [-0.15, -0.1) is 0 Å². The van der Waals surface area contributed by atoms with Crippen molar-refractivity contribution in [2.24, 2.45) is 29.6 Å². The van der Waals surface area contributed by atoms with Gasteiger partial charge < -0.3 is 4.74 Å². The minimum Gasteiger partial charge on any atom is -0.457 e. The van der Waals surface area contributed by atoms with Crippen LogP contribution in [0, 0.1) is 36.5 Å². The topological polar surface area (TPSA) is 80.8 Å². The highest BCUT2D eigenvalue weighted by Gasteiger charge is 2.61. The lowest BCUT2D eigenvalue weighted by Gasteiger charge is -2.33. The lowest BCUT2D eigenvalue weighted by molar-refractivity contribution is -0.149. The third-order valence-corrected chi connectivity index (χ3v) is 8.08. The first-order valence-electron chi connectivity index (χ1n) is 11.6. The van der Waals surface area contributed by atoms with Gasteiger partial charge in [-0.3, -0.25) is 24.1 Å². The van der Waals surface area contributed by atoms with E-state index in [2.05, 4.69) is 0 Å². The van der Waals surface area contributed by atoms with E-state index in [4.69, 9.17) is 4.74 Å². The minimum atomic E-state index is -0.354. The van der Waals surface area contributed by atoms with Gasteiger partial charge in [-0.25, -0.2) is 0 Å². The summed E-state index contributed by atoms with van der Waals surface area (Å²) < 4.78 is 5.29. The Morgan fingerprint density at radius 2 is 1.48 bits per heavy atom. The van der Waals surface area contributed by atoms with Gasteiger partial charge in [0.25, 0.3) is 0 Å². The standard InChI is InChI=1S/C25H29NO5/c1-14-2-4-15(5-3-14)20(27)13-31-25(30)16-8-10-19(11-9-16)26-23(28)21-17-6-7-18(12-17)22(21)24(26)29/h2-5,16-19,21-22H,6-13H2,1H3. The normalized spacial score (nSPS) is 34.2. The number of likely N-dealkylation sites (tertiary alicyclic amines) is 1. The Hall–Kier alpha value is -2.50. The molecule has 6 heteroatoms. The Bertz CT molecular complexity index is 886. The molecule has 2 amide bonds. The number of esters is 1. The number of hydrogen-bond donors (Lipinski definition) is 0. The van der Waals surface area contributed by atoms with Crippen LogP contribution in [0.4, 0.5) is 0 Å². The smallest absolute Gasteiger partial charge is 0.309 e. The van der Waals surface area contributed by atoms with Crippen LogP contribution in [0.1, 0.15) is 60.9 Å². The van der Waals surface area contributed by atoms with E-state index in [1.54, 1.807) is 17.0 Å². The third-order valence-electron chi connectivity index (χ3n) is 8.08. The van der Waals surface area contributed by atoms with Gasteiger partial charge in [0.15, 0.2) is 12.4 Å². The number of imide groups is 1. The molecule has 6 nitrogen and oxygen atoms in total.